The van der Waals surface area contributed by atoms with E-state index in [2.05, 4.69) is 0 Å². The van der Waals surface area contributed by atoms with Crippen LogP contribution < -0.4 is 4.74 Å². The molecule has 1 N–H and O–H groups in total. The molecule has 0 atom stereocenters. The van der Waals surface area contributed by atoms with Crippen LogP contribution in [0, 0.1) is 6.92 Å². The van der Waals surface area contributed by atoms with Gasteiger partial charge in [-0.15, -0.1) is 0 Å². The van der Waals surface area contributed by atoms with Crippen LogP contribution in [0.25, 0.3) is 22.1 Å². The second-order valence-corrected chi connectivity index (χ2v) is 6.53. The van der Waals surface area contributed by atoms with Crippen molar-refractivity contribution < 1.29 is 28.6 Å². The molecule has 0 fully saturated rings. The normalized spacial score (nSPS) is 10.9. The molecule has 0 saturated heterocycles. The number of ether oxygens (including phenoxy) is 2. The van der Waals surface area contributed by atoms with E-state index in [1.165, 1.54) is 0 Å². The van der Waals surface area contributed by atoms with Crippen LogP contribution in [0.4, 0.5) is 0 Å². The first-order chi connectivity index (χ1) is 14.0. The van der Waals surface area contributed by atoms with Crippen LogP contribution >= 0.6 is 0 Å². The minimum absolute atomic E-state index is 0.0801. The predicted molar refractivity (Wildman–Crippen MR) is 110 cm³/mol. The first-order valence-corrected chi connectivity index (χ1v) is 9.61. The Morgan fingerprint density at radius 1 is 1.14 bits per heavy atom. The molecule has 0 amide bonds. The first kappa shape index (κ1) is 20.6. The number of furan rings is 1. The summed E-state index contributed by atoms with van der Waals surface area (Å²) in [7, 11) is 0. The summed E-state index contributed by atoms with van der Waals surface area (Å²) in [5.41, 5.74) is 2.75. The van der Waals surface area contributed by atoms with Gasteiger partial charge in [0.25, 0.3) is 0 Å². The topological polar surface area (TPSA) is 86.0 Å². The predicted octanol–water partition coefficient (Wildman–Crippen LogP) is 4.55. The van der Waals surface area contributed by atoms with Gasteiger partial charge in [-0.1, -0.05) is 19.1 Å². The number of aliphatic hydroxyl groups excluding tert-OH is 1. The summed E-state index contributed by atoms with van der Waals surface area (Å²) in [6, 6.07) is 10.6. The second-order valence-electron chi connectivity index (χ2n) is 6.53. The molecule has 0 spiro atoms. The summed E-state index contributed by atoms with van der Waals surface area (Å²) in [4.78, 5) is 24.9. The number of hydrogen-bond donors (Lipinski definition) is 1. The van der Waals surface area contributed by atoms with Crippen molar-refractivity contribution in [1.29, 1.82) is 0 Å². The van der Waals surface area contributed by atoms with Crippen molar-refractivity contribution in [2.24, 2.45) is 0 Å². The molecule has 0 saturated carbocycles. The average molecular weight is 396 g/mol. The highest BCUT2D eigenvalue weighted by Gasteiger charge is 2.22. The number of carbonyl (C=O) groups excluding carboxylic acids is 2. The molecule has 3 aromatic rings. The Kier molecular flexibility index (Phi) is 6.34. The maximum absolute atomic E-state index is 12.5. The molecule has 0 aliphatic rings. The van der Waals surface area contributed by atoms with Crippen LogP contribution in [-0.2, 0) is 4.74 Å². The highest BCUT2D eigenvalue weighted by Crippen LogP contribution is 2.38. The number of benzene rings is 2. The van der Waals surface area contributed by atoms with Crippen LogP contribution in [0.15, 0.2) is 40.8 Å². The van der Waals surface area contributed by atoms with E-state index in [1.807, 2.05) is 25.1 Å². The van der Waals surface area contributed by atoms with E-state index in [1.54, 1.807) is 32.0 Å². The van der Waals surface area contributed by atoms with Crippen molar-refractivity contribution in [3.05, 3.63) is 53.3 Å². The van der Waals surface area contributed by atoms with Crippen molar-refractivity contribution in [2.75, 3.05) is 19.8 Å². The quantitative estimate of drug-likeness (QED) is 0.444. The molecule has 152 valence electrons. The van der Waals surface area contributed by atoms with Gasteiger partial charge in [0.15, 0.2) is 5.78 Å². The minimum Gasteiger partial charge on any atom is -0.491 e. The number of esters is 1. The molecule has 6 nitrogen and oxygen atoms in total. The zero-order valence-corrected chi connectivity index (χ0v) is 16.8. The molecule has 3 rings (SSSR count). The third kappa shape index (κ3) is 4.17. The number of Topliss-reactive ketones (excluding diaryl/α,β-unsaturated/α-hetero) is 1. The third-order valence-electron chi connectivity index (χ3n) is 4.58. The third-order valence-corrected chi connectivity index (χ3v) is 4.58. The molecule has 6 heteroatoms. The minimum atomic E-state index is -0.482. The highest BCUT2D eigenvalue weighted by molar-refractivity contribution is 6.12. The fourth-order valence-corrected chi connectivity index (χ4v) is 3.31. The Balaban J connectivity index is 2.23. The van der Waals surface area contributed by atoms with Gasteiger partial charge in [0.1, 0.15) is 23.7 Å². The van der Waals surface area contributed by atoms with Crippen molar-refractivity contribution in [1.82, 2.24) is 0 Å². The maximum Gasteiger partial charge on any atom is 0.338 e. The van der Waals surface area contributed by atoms with Crippen LogP contribution in [-0.4, -0.2) is 36.7 Å². The Labute approximate surface area is 169 Å². The fraction of sp³-hybridized carbons (Fsp3) is 0.304. The molecule has 0 unspecified atom stereocenters. The number of aryl methyl sites for hydroxylation is 1. The Bertz CT molecular complexity index is 1050. The van der Waals surface area contributed by atoms with Gasteiger partial charge in [-0.25, -0.2) is 4.79 Å². The number of fused-ring (bicyclic) bond motifs is 1. The van der Waals surface area contributed by atoms with Gasteiger partial charge in [0, 0.05) is 17.4 Å². The van der Waals surface area contributed by atoms with Crippen LogP contribution in [0.1, 0.15) is 46.7 Å². The number of hydrogen-bond acceptors (Lipinski definition) is 6. The van der Waals surface area contributed by atoms with Gasteiger partial charge in [-0.3, -0.25) is 4.79 Å². The molecule has 29 heavy (non-hydrogen) atoms. The number of ketones is 1. The molecule has 0 radical (unpaired) electrons. The van der Waals surface area contributed by atoms with E-state index in [0.29, 0.717) is 40.0 Å². The average Bonchev–Trinajstić information content (AvgIpc) is 3.07. The SMILES string of the molecule is CCOC(=O)c1cc(C(=O)CC)c2oc(C)c(-c3cccc(OCCO)c3)c2c1. The summed E-state index contributed by atoms with van der Waals surface area (Å²) in [6.45, 7) is 5.68. The second kappa shape index (κ2) is 8.92. The van der Waals surface area contributed by atoms with E-state index in [9.17, 15) is 9.59 Å². The van der Waals surface area contributed by atoms with E-state index < -0.39 is 5.97 Å². The Morgan fingerprint density at radius 2 is 1.93 bits per heavy atom. The fourth-order valence-electron chi connectivity index (χ4n) is 3.31. The lowest BCUT2D eigenvalue weighted by atomic mass is 9.96. The highest BCUT2D eigenvalue weighted by atomic mass is 16.5. The van der Waals surface area contributed by atoms with Crippen molar-refractivity contribution >= 4 is 22.7 Å². The van der Waals surface area contributed by atoms with Gasteiger partial charge in [-0.05, 0) is 43.7 Å². The van der Waals surface area contributed by atoms with Gasteiger partial charge < -0.3 is 19.0 Å². The summed E-state index contributed by atoms with van der Waals surface area (Å²) in [6.07, 6.45) is 0.293. The molecular formula is C23H24O6. The standard InChI is InChI=1S/C23H24O6/c1-4-20(25)18-12-16(23(26)27-5-2)13-19-21(14(3)29-22(18)19)15-7-6-8-17(11-15)28-10-9-24/h6-8,11-13,24H,4-5,9-10H2,1-3H3. The number of rotatable bonds is 8. The Hall–Kier alpha value is -3.12. The van der Waals surface area contributed by atoms with Crippen LogP contribution in [0.5, 0.6) is 5.75 Å². The van der Waals surface area contributed by atoms with E-state index >= 15 is 0 Å². The van der Waals surface area contributed by atoms with Crippen molar-refractivity contribution in [3.8, 4) is 16.9 Å². The monoisotopic (exact) mass is 396 g/mol. The zero-order valence-electron chi connectivity index (χ0n) is 16.8. The largest absolute Gasteiger partial charge is 0.491 e. The molecule has 0 aliphatic heterocycles. The molecule has 0 aliphatic carbocycles. The molecule has 2 aromatic carbocycles. The summed E-state index contributed by atoms with van der Waals surface area (Å²) in [5.74, 6) is 0.646. The van der Waals surface area contributed by atoms with Crippen molar-refractivity contribution in [2.45, 2.75) is 27.2 Å². The van der Waals surface area contributed by atoms with Gasteiger partial charge >= 0.3 is 5.97 Å². The first-order valence-electron chi connectivity index (χ1n) is 9.61. The lowest BCUT2D eigenvalue weighted by molar-refractivity contribution is 0.0526. The van der Waals surface area contributed by atoms with Crippen LogP contribution in [0.2, 0.25) is 0 Å². The lowest BCUT2D eigenvalue weighted by Gasteiger charge is -2.08. The molecule has 1 heterocycles. The maximum atomic E-state index is 12.5. The van der Waals surface area contributed by atoms with Crippen molar-refractivity contribution in [3.63, 3.8) is 0 Å². The lowest BCUT2D eigenvalue weighted by Crippen LogP contribution is -2.07. The summed E-state index contributed by atoms with van der Waals surface area (Å²) >= 11 is 0. The summed E-state index contributed by atoms with van der Waals surface area (Å²) < 4.78 is 16.6. The number of carbonyl (C=O) groups is 2. The Morgan fingerprint density at radius 3 is 2.62 bits per heavy atom. The smallest absolute Gasteiger partial charge is 0.338 e. The zero-order chi connectivity index (χ0) is 21.0. The van der Waals surface area contributed by atoms with Gasteiger partial charge in [-0.2, -0.15) is 0 Å². The van der Waals surface area contributed by atoms with Gasteiger partial charge in [0.2, 0.25) is 0 Å². The van der Waals surface area contributed by atoms with Gasteiger partial charge in [0.05, 0.1) is 24.3 Å². The molecular weight excluding hydrogens is 372 g/mol. The van der Waals surface area contributed by atoms with E-state index in [-0.39, 0.29) is 25.6 Å². The van der Waals surface area contributed by atoms with E-state index in [0.717, 1.165) is 11.1 Å². The molecule has 0 bridgehead atoms. The van der Waals surface area contributed by atoms with E-state index in [4.69, 9.17) is 19.0 Å². The summed E-state index contributed by atoms with van der Waals surface area (Å²) in [5, 5.41) is 9.65. The molecule has 1 aromatic heterocycles. The van der Waals surface area contributed by atoms with Crippen LogP contribution in [0.3, 0.4) is 0 Å². The number of aliphatic hydroxyl groups is 1.